The van der Waals surface area contributed by atoms with Crippen molar-refractivity contribution in [2.24, 2.45) is 4.99 Å². The summed E-state index contributed by atoms with van der Waals surface area (Å²) in [6.07, 6.45) is 9.41. The lowest BCUT2D eigenvalue weighted by atomic mass is 9.64. The summed E-state index contributed by atoms with van der Waals surface area (Å²) in [5, 5.41) is 7.02. The highest BCUT2D eigenvalue weighted by molar-refractivity contribution is 5.79. The van der Waals surface area contributed by atoms with Gasteiger partial charge in [-0.05, 0) is 29.5 Å². The molecule has 0 amide bonds. The Morgan fingerprint density at radius 3 is 2.59 bits per heavy atom. The predicted octanol–water partition coefficient (Wildman–Crippen LogP) is 3.72. The Morgan fingerprint density at radius 2 is 1.90 bits per heavy atom. The number of nitrogens with zero attached hydrogens (tertiary/aromatic N) is 3. The van der Waals surface area contributed by atoms with Crippen molar-refractivity contribution in [2.75, 3.05) is 13.6 Å². The van der Waals surface area contributed by atoms with Gasteiger partial charge in [0.25, 0.3) is 0 Å². The highest BCUT2D eigenvalue weighted by Gasteiger charge is 2.38. The number of hydrogen-bond acceptors (Lipinski definition) is 2. The molecule has 29 heavy (non-hydrogen) atoms. The Bertz CT molecular complexity index is 927. The molecule has 5 nitrogen and oxygen atoms in total. The van der Waals surface area contributed by atoms with Crippen LogP contribution < -0.4 is 10.6 Å². The van der Waals surface area contributed by atoms with Gasteiger partial charge in [0.05, 0.1) is 6.33 Å². The molecule has 1 aliphatic carbocycles. The van der Waals surface area contributed by atoms with Gasteiger partial charge in [-0.1, -0.05) is 61.0 Å². The Kier molecular flexibility index (Phi) is 5.94. The molecule has 5 heteroatoms. The topological polar surface area (TPSA) is 54.2 Å². The van der Waals surface area contributed by atoms with E-state index in [9.17, 15) is 0 Å². The molecule has 0 atom stereocenters. The zero-order valence-corrected chi connectivity index (χ0v) is 17.0. The molecule has 4 rings (SSSR count). The molecule has 2 N–H and O–H groups in total. The first kappa shape index (κ1) is 19.2. The number of benzene rings is 2. The van der Waals surface area contributed by atoms with Gasteiger partial charge in [0.2, 0.25) is 0 Å². The second kappa shape index (κ2) is 8.95. The van der Waals surface area contributed by atoms with E-state index in [0.29, 0.717) is 0 Å². The molecule has 0 spiro atoms. The first-order valence-corrected chi connectivity index (χ1v) is 10.3. The fourth-order valence-corrected chi connectivity index (χ4v) is 4.05. The van der Waals surface area contributed by atoms with Gasteiger partial charge in [-0.3, -0.25) is 4.99 Å². The molecule has 0 bridgehead atoms. The van der Waals surface area contributed by atoms with Gasteiger partial charge in [-0.2, -0.15) is 0 Å². The summed E-state index contributed by atoms with van der Waals surface area (Å²) in [6, 6.07) is 19.5. The van der Waals surface area contributed by atoms with E-state index in [2.05, 4.69) is 79.8 Å². The van der Waals surface area contributed by atoms with Crippen LogP contribution in [0.2, 0.25) is 0 Å². The zero-order chi connectivity index (χ0) is 19.9. The Morgan fingerprint density at radius 1 is 1.07 bits per heavy atom. The molecule has 0 saturated heterocycles. The van der Waals surface area contributed by atoms with Crippen LogP contribution in [0.5, 0.6) is 0 Å². The maximum atomic E-state index is 4.42. The average molecular weight is 388 g/mol. The molecule has 1 heterocycles. The molecule has 0 aliphatic heterocycles. The normalized spacial score (nSPS) is 15.6. The van der Waals surface area contributed by atoms with E-state index in [1.165, 1.54) is 36.0 Å². The van der Waals surface area contributed by atoms with Crippen LogP contribution in [0.25, 0.3) is 0 Å². The van der Waals surface area contributed by atoms with Gasteiger partial charge < -0.3 is 15.2 Å². The van der Waals surface area contributed by atoms with Crippen molar-refractivity contribution >= 4 is 5.96 Å². The van der Waals surface area contributed by atoms with Gasteiger partial charge in [0.15, 0.2) is 5.96 Å². The van der Waals surface area contributed by atoms with E-state index in [0.717, 1.165) is 25.6 Å². The van der Waals surface area contributed by atoms with E-state index in [1.807, 2.05) is 25.8 Å². The number of hydrogen-bond donors (Lipinski definition) is 2. The second-order valence-corrected chi connectivity index (χ2v) is 7.83. The van der Waals surface area contributed by atoms with Gasteiger partial charge in [0, 0.05) is 44.5 Å². The second-order valence-electron chi connectivity index (χ2n) is 7.83. The third kappa shape index (κ3) is 4.67. The smallest absolute Gasteiger partial charge is 0.191 e. The third-order valence-electron chi connectivity index (χ3n) is 5.89. The minimum absolute atomic E-state index is 0.240. The van der Waals surface area contributed by atoms with Crippen LogP contribution in [-0.2, 0) is 18.5 Å². The van der Waals surface area contributed by atoms with Crippen LogP contribution in [0, 0.1) is 0 Å². The first-order chi connectivity index (χ1) is 14.3. The van der Waals surface area contributed by atoms with E-state index < -0.39 is 0 Å². The molecule has 3 aromatic rings. The summed E-state index contributed by atoms with van der Waals surface area (Å²) in [5.74, 6) is 0.854. The van der Waals surface area contributed by atoms with Crippen LogP contribution in [0.15, 0.2) is 78.3 Å². The number of rotatable bonds is 7. The first-order valence-electron chi connectivity index (χ1n) is 10.3. The molecule has 1 aliphatic rings. The molecule has 0 unspecified atom stereocenters. The standard InChI is InChI=1S/C24H29N5/c1-25-23(28-18-24(11-6-12-24)22-9-3-2-4-10-22)27-16-20-7-5-8-21(15-20)17-29-14-13-26-19-29/h2-5,7-10,13-15,19H,6,11-12,16-18H2,1H3,(H2,25,27,28). The van der Waals surface area contributed by atoms with Gasteiger partial charge in [-0.15, -0.1) is 0 Å². The number of guanidine groups is 1. The van der Waals surface area contributed by atoms with Crippen LogP contribution in [-0.4, -0.2) is 29.1 Å². The van der Waals surface area contributed by atoms with Crippen LogP contribution in [0.3, 0.4) is 0 Å². The van der Waals surface area contributed by atoms with Crippen molar-refractivity contribution in [1.82, 2.24) is 20.2 Å². The largest absolute Gasteiger partial charge is 0.356 e. The van der Waals surface area contributed by atoms with Crippen molar-refractivity contribution in [3.63, 3.8) is 0 Å². The highest BCUT2D eigenvalue weighted by Crippen LogP contribution is 2.43. The van der Waals surface area contributed by atoms with Gasteiger partial charge >= 0.3 is 0 Å². The molecule has 2 aromatic carbocycles. The lowest BCUT2D eigenvalue weighted by molar-refractivity contribution is 0.244. The van der Waals surface area contributed by atoms with Gasteiger partial charge in [0.1, 0.15) is 0 Å². The summed E-state index contributed by atoms with van der Waals surface area (Å²) < 4.78 is 2.08. The SMILES string of the molecule is CN=C(NCc1cccc(Cn2ccnc2)c1)NCC1(c2ccccc2)CCC1. The van der Waals surface area contributed by atoms with Crippen molar-refractivity contribution in [3.8, 4) is 0 Å². The van der Waals surface area contributed by atoms with Crippen LogP contribution in [0.4, 0.5) is 0 Å². The monoisotopic (exact) mass is 387 g/mol. The molecular weight excluding hydrogens is 358 g/mol. The minimum Gasteiger partial charge on any atom is -0.356 e. The molecule has 0 radical (unpaired) electrons. The minimum atomic E-state index is 0.240. The molecule has 1 aromatic heterocycles. The van der Waals surface area contributed by atoms with E-state index in [4.69, 9.17) is 0 Å². The summed E-state index contributed by atoms with van der Waals surface area (Å²) in [7, 11) is 1.83. The maximum absolute atomic E-state index is 4.42. The molecule has 1 fully saturated rings. The summed E-state index contributed by atoms with van der Waals surface area (Å²) in [4.78, 5) is 8.54. The lowest BCUT2D eigenvalue weighted by Crippen LogP contribution is -2.48. The Hall–Kier alpha value is -3.08. The van der Waals surface area contributed by atoms with Crippen molar-refractivity contribution in [3.05, 3.63) is 90.0 Å². The fourth-order valence-electron chi connectivity index (χ4n) is 4.05. The summed E-state index contributed by atoms with van der Waals surface area (Å²) in [5.41, 5.74) is 4.18. The molecule has 150 valence electrons. The lowest BCUT2D eigenvalue weighted by Gasteiger charge is -2.43. The zero-order valence-electron chi connectivity index (χ0n) is 17.0. The van der Waals surface area contributed by atoms with Gasteiger partial charge in [-0.25, -0.2) is 4.98 Å². The highest BCUT2D eigenvalue weighted by atomic mass is 15.2. The fraction of sp³-hybridized carbons (Fsp3) is 0.333. The molecule has 1 saturated carbocycles. The average Bonchev–Trinajstić information content (AvgIpc) is 3.23. The quantitative estimate of drug-likeness (QED) is 0.480. The summed E-state index contributed by atoms with van der Waals surface area (Å²) in [6.45, 7) is 2.49. The number of imidazole rings is 1. The molecular formula is C24H29N5. The van der Waals surface area contributed by atoms with Crippen LogP contribution in [0.1, 0.15) is 36.0 Å². The van der Waals surface area contributed by atoms with Crippen molar-refractivity contribution in [1.29, 1.82) is 0 Å². The van der Waals surface area contributed by atoms with Crippen molar-refractivity contribution < 1.29 is 0 Å². The van der Waals surface area contributed by atoms with Crippen molar-refractivity contribution in [2.45, 2.75) is 37.8 Å². The Labute approximate surface area is 172 Å². The van der Waals surface area contributed by atoms with E-state index >= 15 is 0 Å². The van der Waals surface area contributed by atoms with E-state index in [-0.39, 0.29) is 5.41 Å². The Balaban J connectivity index is 1.33. The maximum Gasteiger partial charge on any atom is 0.191 e. The number of nitrogens with one attached hydrogen (secondary N) is 2. The van der Waals surface area contributed by atoms with Crippen LogP contribution >= 0.6 is 0 Å². The summed E-state index contributed by atoms with van der Waals surface area (Å²) >= 11 is 0. The van der Waals surface area contributed by atoms with E-state index in [1.54, 1.807) is 0 Å². The predicted molar refractivity (Wildman–Crippen MR) is 118 cm³/mol. The number of aromatic nitrogens is 2. The number of aliphatic imine (C=N–C) groups is 1. The third-order valence-corrected chi connectivity index (χ3v) is 5.89.